The number of carbonyl (C=O) groups is 1. The number of hydrazone groups is 1. The van der Waals surface area contributed by atoms with Crippen LogP contribution in [0, 0.1) is 6.92 Å². The Morgan fingerprint density at radius 3 is 2.72 bits per heavy atom. The number of quaternary nitrogens is 1. The van der Waals surface area contributed by atoms with Crippen LogP contribution in [0.1, 0.15) is 28.8 Å². The van der Waals surface area contributed by atoms with Gasteiger partial charge in [-0.25, -0.2) is 5.43 Å². The van der Waals surface area contributed by atoms with Crippen molar-refractivity contribution in [3.8, 4) is 0 Å². The van der Waals surface area contributed by atoms with Gasteiger partial charge in [-0.3, -0.25) is 4.79 Å². The summed E-state index contributed by atoms with van der Waals surface area (Å²) in [7, 11) is 2.18. The Bertz CT molecular complexity index is 458. The fraction of sp³-hybridized carbons (Fsp3) is 0.429. The van der Waals surface area contributed by atoms with Gasteiger partial charge in [-0.05, 0) is 19.1 Å². The quantitative estimate of drug-likeness (QED) is 0.729. The maximum absolute atomic E-state index is 11.9. The fourth-order valence-electron chi connectivity index (χ4n) is 2.06. The molecule has 1 aliphatic rings. The number of likely N-dealkylation sites (tertiary alicyclic amines) is 1. The Morgan fingerprint density at radius 2 is 2.06 bits per heavy atom. The number of hydrogen-bond donors (Lipinski definition) is 2. The maximum atomic E-state index is 11.9. The van der Waals surface area contributed by atoms with Gasteiger partial charge in [0.2, 0.25) is 0 Å². The maximum Gasteiger partial charge on any atom is 0.271 e. The van der Waals surface area contributed by atoms with Crippen molar-refractivity contribution < 1.29 is 9.69 Å². The lowest BCUT2D eigenvalue weighted by Crippen LogP contribution is -3.10. The number of piperidine rings is 1. The molecule has 1 aliphatic heterocycles. The second-order valence-electron chi connectivity index (χ2n) is 4.95. The van der Waals surface area contributed by atoms with E-state index in [0.717, 1.165) is 37.2 Å². The van der Waals surface area contributed by atoms with Crippen molar-refractivity contribution >= 4 is 11.6 Å². The van der Waals surface area contributed by atoms with Gasteiger partial charge in [0.1, 0.15) is 0 Å². The highest BCUT2D eigenvalue weighted by molar-refractivity contribution is 5.95. The molecule has 1 aromatic rings. The molecule has 96 valence electrons. The van der Waals surface area contributed by atoms with Gasteiger partial charge in [0.15, 0.2) is 0 Å². The van der Waals surface area contributed by atoms with E-state index < -0.39 is 0 Å². The van der Waals surface area contributed by atoms with Crippen LogP contribution in [0.3, 0.4) is 0 Å². The van der Waals surface area contributed by atoms with Gasteiger partial charge < -0.3 is 4.90 Å². The summed E-state index contributed by atoms with van der Waals surface area (Å²) in [6, 6.07) is 7.54. The minimum atomic E-state index is -0.127. The third kappa shape index (κ3) is 3.40. The third-order valence-corrected chi connectivity index (χ3v) is 3.28. The lowest BCUT2D eigenvalue weighted by atomic mass is 10.1. The van der Waals surface area contributed by atoms with E-state index in [9.17, 15) is 4.79 Å². The van der Waals surface area contributed by atoms with Gasteiger partial charge in [0, 0.05) is 24.1 Å². The highest BCUT2D eigenvalue weighted by atomic mass is 16.2. The standard InChI is InChI=1S/C14H19N3O/c1-11-4-3-5-12(10-11)14(18)16-15-13-6-8-17(2)9-7-13/h3-5,10H,6-9H2,1-2H3,(H,16,18)/p+1. The van der Waals surface area contributed by atoms with Crippen molar-refractivity contribution in [2.75, 3.05) is 20.1 Å². The van der Waals surface area contributed by atoms with Crippen molar-refractivity contribution in [3.05, 3.63) is 35.4 Å². The normalized spacial score (nSPS) is 19.4. The molecule has 1 saturated heterocycles. The molecule has 1 amide bonds. The number of benzene rings is 1. The summed E-state index contributed by atoms with van der Waals surface area (Å²) in [5.74, 6) is -0.127. The average Bonchev–Trinajstić information content (AvgIpc) is 2.38. The van der Waals surface area contributed by atoms with E-state index in [0.29, 0.717) is 5.56 Å². The highest BCUT2D eigenvalue weighted by Crippen LogP contribution is 2.03. The molecule has 1 heterocycles. The largest absolute Gasteiger partial charge is 0.337 e. The molecule has 0 aromatic heterocycles. The number of carbonyl (C=O) groups excluding carboxylic acids is 1. The van der Waals surface area contributed by atoms with E-state index >= 15 is 0 Å². The molecular weight excluding hydrogens is 226 g/mol. The van der Waals surface area contributed by atoms with E-state index in [-0.39, 0.29) is 5.91 Å². The molecule has 0 unspecified atom stereocenters. The van der Waals surface area contributed by atoms with Crippen molar-refractivity contribution in [1.29, 1.82) is 0 Å². The molecule has 0 aliphatic carbocycles. The second-order valence-corrected chi connectivity index (χ2v) is 4.95. The monoisotopic (exact) mass is 246 g/mol. The predicted molar refractivity (Wildman–Crippen MR) is 71.9 cm³/mol. The van der Waals surface area contributed by atoms with Gasteiger partial charge in [-0.2, -0.15) is 5.10 Å². The summed E-state index contributed by atoms with van der Waals surface area (Å²) in [5.41, 5.74) is 5.50. The molecule has 0 radical (unpaired) electrons. The summed E-state index contributed by atoms with van der Waals surface area (Å²) in [6.45, 7) is 4.17. The van der Waals surface area contributed by atoms with Crippen molar-refractivity contribution in [1.82, 2.24) is 5.43 Å². The average molecular weight is 246 g/mol. The van der Waals surface area contributed by atoms with Crippen LogP contribution in [0.5, 0.6) is 0 Å². The Morgan fingerprint density at radius 1 is 1.33 bits per heavy atom. The van der Waals surface area contributed by atoms with Crippen LogP contribution in [-0.4, -0.2) is 31.8 Å². The zero-order valence-corrected chi connectivity index (χ0v) is 11.0. The Hall–Kier alpha value is -1.68. The number of nitrogens with zero attached hydrogens (tertiary/aromatic N) is 1. The number of aryl methyl sites for hydroxylation is 1. The minimum absolute atomic E-state index is 0.127. The van der Waals surface area contributed by atoms with Crippen LogP contribution in [0.4, 0.5) is 0 Å². The zero-order valence-electron chi connectivity index (χ0n) is 11.0. The molecule has 2 rings (SSSR count). The van der Waals surface area contributed by atoms with Gasteiger partial charge in [0.25, 0.3) is 5.91 Å². The summed E-state index contributed by atoms with van der Waals surface area (Å²) >= 11 is 0. The van der Waals surface area contributed by atoms with Gasteiger partial charge in [0.05, 0.1) is 20.1 Å². The molecule has 1 aromatic carbocycles. The molecule has 18 heavy (non-hydrogen) atoms. The molecule has 1 fully saturated rings. The third-order valence-electron chi connectivity index (χ3n) is 3.28. The zero-order chi connectivity index (χ0) is 13.0. The topological polar surface area (TPSA) is 45.9 Å². The highest BCUT2D eigenvalue weighted by Gasteiger charge is 2.14. The minimum Gasteiger partial charge on any atom is -0.337 e. The molecule has 0 saturated carbocycles. The lowest BCUT2D eigenvalue weighted by Gasteiger charge is -2.20. The first-order valence-corrected chi connectivity index (χ1v) is 6.39. The summed E-state index contributed by atoms with van der Waals surface area (Å²) in [5, 5.41) is 4.23. The van der Waals surface area contributed by atoms with Crippen LogP contribution >= 0.6 is 0 Å². The van der Waals surface area contributed by atoms with E-state index in [1.165, 1.54) is 4.90 Å². The van der Waals surface area contributed by atoms with Gasteiger partial charge in [-0.1, -0.05) is 17.7 Å². The molecule has 0 bridgehead atoms. The van der Waals surface area contributed by atoms with Crippen LogP contribution in [-0.2, 0) is 0 Å². The van der Waals surface area contributed by atoms with E-state index in [2.05, 4.69) is 17.6 Å². The van der Waals surface area contributed by atoms with Crippen LogP contribution < -0.4 is 10.3 Å². The number of rotatable bonds is 2. The summed E-state index contributed by atoms with van der Waals surface area (Å²) < 4.78 is 0. The molecule has 2 N–H and O–H groups in total. The second kappa shape index (κ2) is 5.78. The summed E-state index contributed by atoms with van der Waals surface area (Å²) in [4.78, 5) is 13.4. The molecule has 4 heteroatoms. The molecule has 4 nitrogen and oxygen atoms in total. The molecular formula is C14H20N3O+. The first kappa shape index (κ1) is 12.8. The first-order chi connectivity index (χ1) is 8.65. The summed E-state index contributed by atoms with van der Waals surface area (Å²) in [6.07, 6.45) is 1.94. The van der Waals surface area contributed by atoms with Crippen molar-refractivity contribution in [2.24, 2.45) is 5.10 Å². The smallest absolute Gasteiger partial charge is 0.271 e. The van der Waals surface area contributed by atoms with Crippen LogP contribution in [0.25, 0.3) is 0 Å². The van der Waals surface area contributed by atoms with Crippen molar-refractivity contribution in [3.63, 3.8) is 0 Å². The number of nitrogens with one attached hydrogen (secondary N) is 2. The van der Waals surface area contributed by atoms with E-state index in [4.69, 9.17) is 0 Å². The molecule has 0 spiro atoms. The Balaban J connectivity index is 1.94. The molecule has 0 atom stereocenters. The van der Waals surface area contributed by atoms with E-state index in [1.807, 2.05) is 25.1 Å². The number of hydrogen-bond acceptors (Lipinski definition) is 2. The Labute approximate surface area is 108 Å². The lowest BCUT2D eigenvalue weighted by molar-refractivity contribution is -0.880. The van der Waals surface area contributed by atoms with Crippen LogP contribution in [0.2, 0.25) is 0 Å². The van der Waals surface area contributed by atoms with Gasteiger partial charge in [-0.15, -0.1) is 0 Å². The Kier molecular flexibility index (Phi) is 4.10. The van der Waals surface area contributed by atoms with E-state index in [1.54, 1.807) is 6.07 Å². The van der Waals surface area contributed by atoms with Gasteiger partial charge >= 0.3 is 0 Å². The predicted octanol–water partition coefficient (Wildman–Crippen LogP) is 0.389. The fourth-order valence-corrected chi connectivity index (χ4v) is 2.06. The first-order valence-electron chi connectivity index (χ1n) is 6.39. The number of amides is 1. The van der Waals surface area contributed by atoms with Crippen molar-refractivity contribution in [2.45, 2.75) is 19.8 Å². The van der Waals surface area contributed by atoms with Crippen LogP contribution in [0.15, 0.2) is 29.4 Å². The SMILES string of the molecule is Cc1cccc(C(=O)NN=C2CC[NH+](C)CC2)c1.